The average Bonchev–Trinajstić information content (AvgIpc) is 4.11. The van der Waals surface area contributed by atoms with Gasteiger partial charge in [-0.05, 0) is 74.4 Å². The number of nitrogens with two attached hydrogens (primary N) is 1. The fraction of sp³-hybridized carbons (Fsp3) is 0.435. The van der Waals surface area contributed by atoms with E-state index in [2.05, 4.69) is 30.3 Å². The summed E-state index contributed by atoms with van der Waals surface area (Å²) in [5.74, 6) is -2.89. The molecule has 3 aromatic carbocycles. The van der Waals surface area contributed by atoms with E-state index in [4.69, 9.17) is 39.2 Å². The van der Waals surface area contributed by atoms with E-state index in [0.29, 0.717) is 37.5 Å². The van der Waals surface area contributed by atoms with E-state index in [0.717, 1.165) is 48.2 Å². The quantitative estimate of drug-likeness (QED) is 0.0187. The van der Waals surface area contributed by atoms with Crippen LogP contribution in [0.15, 0.2) is 90.5 Å². The molecule has 2 fully saturated rings. The second-order valence-electron chi connectivity index (χ2n) is 17.5. The number of halogens is 2. The number of likely N-dealkylation sites (N-methyl/N-ethyl adjacent to an activating group) is 1. The van der Waals surface area contributed by atoms with Gasteiger partial charge in [0, 0.05) is 62.0 Å². The Morgan fingerprint density at radius 1 is 0.945 bits per heavy atom. The fourth-order valence-electron chi connectivity index (χ4n) is 8.63. The van der Waals surface area contributed by atoms with Crippen molar-refractivity contribution in [3.05, 3.63) is 113 Å². The van der Waals surface area contributed by atoms with Gasteiger partial charge in [-0.15, -0.1) is 0 Å². The number of esters is 1. The van der Waals surface area contributed by atoms with Crippen molar-refractivity contribution in [3.8, 4) is 11.4 Å². The van der Waals surface area contributed by atoms with Crippen LogP contribution in [0.2, 0.25) is 0 Å². The summed E-state index contributed by atoms with van der Waals surface area (Å²) in [5.41, 5.74) is 6.84. The van der Waals surface area contributed by atoms with Crippen LogP contribution in [0.4, 0.5) is 25.0 Å². The SMILES string of the molecule is CC[C@@H]([C@H](C)OC(=O)OC(C)OC(=O)CNC(=O)C[N+](C)=C(N)NP(=O)(O)O)n1ncn(-c2ccc(N3CCN(c4ccc(OC[C@@H]5CO[C@@](Cn6cncn6)(c6ccc(F)cc6F)C5)cc4)CC3)cc2)c1=O. The standard InChI is InChI=1S/C46H57F2N12O12P/c1-5-40(30(2)70-45(64)72-31(3)71-42(62)22-51-41(61)23-55(4)43(49)54-73(65,66)67)60-44(63)59(29-53-60)36-9-7-34(8-10-36)56-16-18-57(19-17-56)35-11-13-37(14-12-35)68-24-32-21-46(69-25-32,26-58-28-50-27-52-58)38-15-6-33(47)20-39(38)48/h6-15,20,27-32,40H,5,16-19,21-26H2,1-4H3,(H5,49,51,54,61,65,66,67)/p+1/t30-,31?,32+,40-,46-/m0/s1. The zero-order chi connectivity index (χ0) is 52.5. The first-order valence-electron chi connectivity index (χ1n) is 23.2. The van der Waals surface area contributed by atoms with E-state index in [9.17, 15) is 28.1 Å². The molecule has 2 aliphatic heterocycles. The number of hydrogen-bond acceptors (Lipinski definition) is 15. The van der Waals surface area contributed by atoms with Crippen molar-refractivity contribution in [2.45, 2.75) is 64.2 Å². The lowest BCUT2D eigenvalue weighted by atomic mass is 9.87. The van der Waals surface area contributed by atoms with Crippen LogP contribution in [0.25, 0.3) is 5.69 Å². The third-order valence-electron chi connectivity index (χ3n) is 12.3. The highest BCUT2D eigenvalue weighted by atomic mass is 31.2. The number of hydrogen-bond donors (Lipinski definition) is 5. The number of carbonyl (C=O) groups is 3. The van der Waals surface area contributed by atoms with Crippen LogP contribution in [-0.2, 0) is 45.2 Å². The van der Waals surface area contributed by atoms with Crippen molar-refractivity contribution >= 4 is 43.1 Å². The number of nitrogens with zero attached hydrogens (tertiary/aromatic N) is 9. The molecule has 73 heavy (non-hydrogen) atoms. The van der Waals surface area contributed by atoms with Gasteiger partial charge >= 0.3 is 31.5 Å². The molecule has 2 aliphatic rings. The molecule has 392 valence electrons. The van der Waals surface area contributed by atoms with Gasteiger partial charge in [-0.2, -0.15) is 15.3 Å². The largest absolute Gasteiger partial charge is 0.511 e. The normalized spacial score (nSPS) is 18.5. The van der Waals surface area contributed by atoms with Crippen LogP contribution >= 0.6 is 7.75 Å². The number of piperazine rings is 1. The minimum Gasteiger partial charge on any atom is -0.493 e. The number of amides is 1. The molecule has 2 saturated heterocycles. The lowest BCUT2D eigenvalue weighted by Gasteiger charge is -2.37. The van der Waals surface area contributed by atoms with E-state index < -0.39 is 86.2 Å². The summed E-state index contributed by atoms with van der Waals surface area (Å²) in [6, 6.07) is 18.3. The third kappa shape index (κ3) is 14.0. The first-order chi connectivity index (χ1) is 34.8. The number of aromatic nitrogens is 6. The van der Waals surface area contributed by atoms with Gasteiger partial charge in [0.1, 0.15) is 61.2 Å². The summed E-state index contributed by atoms with van der Waals surface area (Å²) >= 11 is 0. The van der Waals surface area contributed by atoms with Crippen molar-refractivity contribution in [3.63, 3.8) is 0 Å². The Kier molecular flexibility index (Phi) is 17.1. The summed E-state index contributed by atoms with van der Waals surface area (Å²) in [5, 5.41) is 12.5. The molecule has 0 radical (unpaired) electrons. The maximum absolute atomic E-state index is 15.1. The van der Waals surface area contributed by atoms with Gasteiger partial charge in [0.05, 0.1) is 38.5 Å². The second-order valence-corrected chi connectivity index (χ2v) is 18.8. The van der Waals surface area contributed by atoms with Gasteiger partial charge in [-0.1, -0.05) is 13.0 Å². The smallest absolute Gasteiger partial charge is 0.493 e. The topological polar surface area (TPSA) is 285 Å². The molecule has 2 aromatic heterocycles. The van der Waals surface area contributed by atoms with Crippen molar-refractivity contribution in [1.29, 1.82) is 0 Å². The lowest BCUT2D eigenvalue weighted by molar-refractivity contribution is -0.488. The molecule has 0 aliphatic carbocycles. The van der Waals surface area contributed by atoms with Crippen molar-refractivity contribution in [2.75, 3.05) is 69.3 Å². The Bertz CT molecular complexity index is 2840. The van der Waals surface area contributed by atoms with E-state index >= 15 is 4.39 Å². The second kappa shape index (κ2) is 23.4. The molecule has 0 bridgehead atoms. The summed E-state index contributed by atoms with van der Waals surface area (Å²) in [7, 11) is -3.41. The summed E-state index contributed by atoms with van der Waals surface area (Å²) in [6.07, 6.45) is 1.59. The fourth-order valence-corrected chi connectivity index (χ4v) is 9.10. The Morgan fingerprint density at radius 3 is 2.22 bits per heavy atom. The highest BCUT2D eigenvalue weighted by Crippen LogP contribution is 2.42. The Labute approximate surface area is 417 Å². The third-order valence-corrected chi connectivity index (χ3v) is 12.8. The minimum atomic E-state index is -4.69. The first kappa shape index (κ1) is 53.4. The number of nitrogens with one attached hydrogen (secondary N) is 2. The predicted molar refractivity (Wildman–Crippen MR) is 257 cm³/mol. The van der Waals surface area contributed by atoms with Crippen LogP contribution < -0.4 is 36.4 Å². The van der Waals surface area contributed by atoms with E-state index in [1.807, 2.05) is 48.5 Å². The van der Waals surface area contributed by atoms with Crippen LogP contribution in [-0.4, -0.2) is 139 Å². The summed E-state index contributed by atoms with van der Waals surface area (Å²) in [6.45, 7) is 7.42. The molecule has 27 heteroatoms. The monoisotopic (exact) mass is 1040 g/mol. The van der Waals surface area contributed by atoms with Gasteiger partial charge in [0.25, 0.3) is 5.91 Å². The molecular formula is C46H58F2N12O12P+. The first-order valence-corrected chi connectivity index (χ1v) is 24.8. The van der Waals surface area contributed by atoms with Crippen LogP contribution in [0.1, 0.15) is 45.2 Å². The maximum atomic E-state index is 15.1. The number of guanidine groups is 1. The minimum absolute atomic E-state index is 0.0603. The number of rotatable bonds is 20. The summed E-state index contributed by atoms with van der Waals surface area (Å²) in [4.78, 5) is 77.1. The predicted octanol–water partition coefficient (Wildman–Crippen LogP) is 2.38. The molecule has 6 N–H and O–H groups in total. The van der Waals surface area contributed by atoms with Gasteiger partial charge in [0.15, 0.2) is 0 Å². The zero-order valence-corrected chi connectivity index (χ0v) is 41.3. The highest BCUT2D eigenvalue weighted by Gasteiger charge is 2.45. The summed E-state index contributed by atoms with van der Waals surface area (Å²) < 4.78 is 73.0. The van der Waals surface area contributed by atoms with Crippen LogP contribution in [0.3, 0.4) is 0 Å². The van der Waals surface area contributed by atoms with E-state index in [1.165, 1.54) is 54.3 Å². The molecule has 24 nitrogen and oxygen atoms in total. The van der Waals surface area contributed by atoms with Gasteiger partial charge in [0.2, 0.25) is 6.29 Å². The lowest BCUT2D eigenvalue weighted by Crippen LogP contribution is -2.46. The van der Waals surface area contributed by atoms with Crippen molar-refractivity contribution in [2.24, 2.45) is 11.7 Å². The molecule has 5 atom stereocenters. The average molecular weight is 1040 g/mol. The Hall–Kier alpha value is -7.41. The molecule has 7 rings (SSSR count). The molecule has 1 unspecified atom stereocenters. The van der Waals surface area contributed by atoms with Crippen molar-refractivity contribution in [1.82, 2.24) is 39.5 Å². The maximum Gasteiger partial charge on any atom is 0.511 e. The Balaban J connectivity index is 0.845. The number of anilines is 2. The zero-order valence-electron chi connectivity index (χ0n) is 40.5. The molecule has 4 heterocycles. The molecule has 0 spiro atoms. The number of ether oxygens (including phenoxy) is 5. The number of benzene rings is 3. The molecule has 1 amide bonds. The molecule has 0 saturated carbocycles. The van der Waals surface area contributed by atoms with Crippen LogP contribution in [0.5, 0.6) is 5.75 Å². The number of carbonyl (C=O) groups excluding carboxylic acids is 3. The van der Waals surface area contributed by atoms with Crippen molar-refractivity contribution < 1.29 is 65.8 Å². The molecular weight excluding hydrogens is 982 g/mol. The highest BCUT2D eigenvalue weighted by molar-refractivity contribution is 7.50. The van der Waals surface area contributed by atoms with Gasteiger partial charge in [-0.3, -0.25) is 29.7 Å². The van der Waals surface area contributed by atoms with Gasteiger partial charge in [-0.25, -0.2) is 41.8 Å². The van der Waals surface area contributed by atoms with E-state index in [1.54, 1.807) is 23.6 Å². The van der Waals surface area contributed by atoms with E-state index in [-0.39, 0.29) is 18.0 Å². The molecule has 5 aromatic rings. The van der Waals surface area contributed by atoms with Crippen LogP contribution in [0, 0.1) is 17.6 Å². The Morgan fingerprint density at radius 2 is 1.60 bits per heavy atom. The van der Waals surface area contributed by atoms with Gasteiger partial charge < -0.3 is 38.8 Å².